The van der Waals surface area contributed by atoms with Gasteiger partial charge in [0.1, 0.15) is 11.9 Å². The smallest absolute Gasteiger partial charge is 0.338 e. The summed E-state index contributed by atoms with van der Waals surface area (Å²) in [5.74, 6) is -1.36. The van der Waals surface area contributed by atoms with Crippen LogP contribution in [0.2, 0.25) is 0 Å². The molecule has 35 heavy (non-hydrogen) atoms. The Labute approximate surface area is 203 Å². The maximum atomic E-state index is 15.1. The lowest BCUT2D eigenvalue weighted by Crippen LogP contribution is -2.39. The number of hydrogen-bond donors (Lipinski definition) is 2. The van der Waals surface area contributed by atoms with E-state index in [0.29, 0.717) is 25.3 Å². The van der Waals surface area contributed by atoms with Crippen molar-refractivity contribution in [2.45, 2.75) is 25.5 Å². The topological polar surface area (TPSA) is 61.8 Å². The molecule has 178 valence electrons. The van der Waals surface area contributed by atoms with Crippen LogP contribution in [0.1, 0.15) is 35.3 Å². The van der Waals surface area contributed by atoms with Crippen LogP contribution in [0.3, 0.4) is 0 Å². The van der Waals surface area contributed by atoms with Crippen molar-refractivity contribution in [3.8, 4) is 5.75 Å². The van der Waals surface area contributed by atoms with Gasteiger partial charge in [0.15, 0.2) is 5.82 Å². The molecule has 1 aliphatic rings. The first-order valence-electron chi connectivity index (χ1n) is 11.8. The van der Waals surface area contributed by atoms with Crippen molar-refractivity contribution in [1.29, 1.82) is 0 Å². The number of ether oxygens (including phenoxy) is 1. The van der Waals surface area contributed by atoms with E-state index in [2.05, 4.69) is 48.6 Å². The van der Waals surface area contributed by atoms with Gasteiger partial charge in [-0.05, 0) is 60.5 Å². The molecule has 2 atom stereocenters. The summed E-state index contributed by atoms with van der Waals surface area (Å²) in [5.41, 5.74) is 1.87. The summed E-state index contributed by atoms with van der Waals surface area (Å²) in [4.78, 5) is 13.3. The molecule has 0 saturated heterocycles. The Morgan fingerprint density at radius 3 is 2.60 bits per heavy atom. The first-order valence-corrected chi connectivity index (χ1v) is 11.8. The number of carboxylic acids is 1. The van der Waals surface area contributed by atoms with Gasteiger partial charge in [0.2, 0.25) is 0 Å². The van der Waals surface area contributed by atoms with Crippen LogP contribution in [0.4, 0.5) is 15.8 Å². The van der Waals surface area contributed by atoms with Gasteiger partial charge in [-0.2, -0.15) is 0 Å². The second-order valence-corrected chi connectivity index (χ2v) is 8.79. The summed E-state index contributed by atoms with van der Waals surface area (Å²) >= 11 is 0. The van der Waals surface area contributed by atoms with Gasteiger partial charge < -0.3 is 20.1 Å². The molecule has 1 unspecified atom stereocenters. The highest BCUT2D eigenvalue weighted by Crippen LogP contribution is 2.40. The molecular formula is C29H27FN2O3. The number of para-hydroxylation sites is 2. The van der Waals surface area contributed by atoms with Crippen LogP contribution in [0.5, 0.6) is 5.75 Å². The van der Waals surface area contributed by atoms with Gasteiger partial charge in [-0.15, -0.1) is 0 Å². The molecule has 5 nitrogen and oxygen atoms in total. The maximum absolute atomic E-state index is 15.1. The fraction of sp³-hybridized carbons (Fsp3) is 0.207. The van der Waals surface area contributed by atoms with Gasteiger partial charge in [-0.25, -0.2) is 9.18 Å². The standard InChI is InChI=1S/C29H27FN2O3/c1-19(22-11-6-9-20-8-2-3-10-23(20)22)31-17-16-21-18-32(25-13-4-5-15-27(25)35-21)26-14-7-12-24(28(26)30)29(33)34/h2-15,19,21,31H,16-18H2,1H3,(H,33,34)/t19-,21?/m1/s1. The van der Waals surface area contributed by atoms with Crippen LogP contribution in [0.15, 0.2) is 84.9 Å². The van der Waals surface area contributed by atoms with Crippen molar-refractivity contribution in [1.82, 2.24) is 5.32 Å². The van der Waals surface area contributed by atoms with E-state index >= 15 is 4.39 Å². The van der Waals surface area contributed by atoms with Crippen LogP contribution >= 0.6 is 0 Å². The Morgan fingerprint density at radius 2 is 1.74 bits per heavy atom. The number of carboxylic acid groups (broad SMARTS) is 1. The first kappa shape index (κ1) is 22.9. The number of nitrogens with one attached hydrogen (secondary N) is 1. The average molecular weight is 471 g/mol. The molecule has 0 spiro atoms. The van der Waals surface area contributed by atoms with E-state index in [1.165, 1.54) is 22.4 Å². The molecule has 4 aromatic carbocycles. The minimum Gasteiger partial charge on any atom is -0.486 e. The summed E-state index contributed by atoms with van der Waals surface area (Å²) in [6.07, 6.45) is 0.519. The fourth-order valence-corrected chi connectivity index (χ4v) is 4.77. The Hall–Kier alpha value is -3.90. The van der Waals surface area contributed by atoms with E-state index in [9.17, 15) is 9.90 Å². The third kappa shape index (κ3) is 4.57. The molecule has 0 bridgehead atoms. The van der Waals surface area contributed by atoms with Crippen molar-refractivity contribution in [3.05, 3.63) is 102 Å². The van der Waals surface area contributed by atoms with Gasteiger partial charge in [0.05, 0.1) is 23.5 Å². The van der Waals surface area contributed by atoms with Crippen molar-refractivity contribution < 1.29 is 19.0 Å². The number of hydrogen-bond acceptors (Lipinski definition) is 4. The number of halogens is 1. The van der Waals surface area contributed by atoms with Crippen molar-refractivity contribution in [2.75, 3.05) is 18.0 Å². The Balaban J connectivity index is 1.33. The third-order valence-corrected chi connectivity index (χ3v) is 6.54. The minimum atomic E-state index is -1.28. The number of benzene rings is 4. The molecule has 0 amide bonds. The van der Waals surface area contributed by atoms with Crippen LogP contribution in [0.25, 0.3) is 10.8 Å². The van der Waals surface area contributed by atoms with Crippen LogP contribution in [-0.2, 0) is 0 Å². The van der Waals surface area contributed by atoms with Crippen molar-refractivity contribution in [2.24, 2.45) is 0 Å². The fourth-order valence-electron chi connectivity index (χ4n) is 4.77. The molecule has 1 heterocycles. The molecule has 5 rings (SSSR count). The zero-order chi connectivity index (χ0) is 24.4. The van der Waals surface area contributed by atoms with Gasteiger partial charge in [0.25, 0.3) is 0 Å². The highest BCUT2D eigenvalue weighted by atomic mass is 19.1. The summed E-state index contributed by atoms with van der Waals surface area (Å²) in [7, 11) is 0. The number of carbonyl (C=O) groups is 1. The molecule has 0 fully saturated rings. The predicted molar refractivity (Wildman–Crippen MR) is 136 cm³/mol. The minimum absolute atomic E-state index is 0.151. The molecule has 1 aliphatic heterocycles. The maximum Gasteiger partial charge on any atom is 0.338 e. The first-order chi connectivity index (χ1) is 17.0. The largest absolute Gasteiger partial charge is 0.486 e. The molecule has 4 aromatic rings. The zero-order valence-electron chi connectivity index (χ0n) is 19.4. The third-order valence-electron chi connectivity index (χ3n) is 6.54. The Kier molecular flexibility index (Phi) is 6.38. The molecule has 0 saturated carbocycles. The predicted octanol–water partition coefficient (Wildman–Crippen LogP) is 6.32. The van der Waals surface area contributed by atoms with Gasteiger partial charge in [0, 0.05) is 6.04 Å². The number of nitrogens with zero attached hydrogens (tertiary/aromatic N) is 1. The summed E-state index contributed by atoms with van der Waals surface area (Å²) in [5, 5.41) is 15.4. The van der Waals surface area contributed by atoms with Crippen molar-refractivity contribution in [3.63, 3.8) is 0 Å². The van der Waals surface area contributed by atoms with Crippen molar-refractivity contribution >= 4 is 28.1 Å². The highest BCUT2D eigenvalue weighted by Gasteiger charge is 2.29. The summed E-state index contributed by atoms with van der Waals surface area (Å²) in [6, 6.07) is 26.8. The molecule has 2 N–H and O–H groups in total. The van der Waals surface area contributed by atoms with Crippen LogP contribution < -0.4 is 15.0 Å². The molecule has 0 aliphatic carbocycles. The van der Waals surface area contributed by atoms with Crippen LogP contribution in [-0.4, -0.2) is 30.3 Å². The second kappa shape index (κ2) is 9.76. The van der Waals surface area contributed by atoms with E-state index in [1.54, 1.807) is 12.1 Å². The number of rotatable bonds is 7. The van der Waals surface area contributed by atoms with Gasteiger partial charge >= 0.3 is 5.97 Å². The van der Waals surface area contributed by atoms with E-state index in [-0.39, 0.29) is 23.4 Å². The van der Waals surface area contributed by atoms with E-state index in [1.807, 2.05) is 35.2 Å². The Bertz CT molecular complexity index is 1370. The lowest BCUT2D eigenvalue weighted by Gasteiger charge is -2.36. The number of aromatic carboxylic acids is 1. The summed E-state index contributed by atoms with van der Waals surface area (Å²) in [6.45, 7) is 3.28. The molecular weight excluding hydrogens is 443 g/mol. The zero-order valence-corrected chi connectivity index (χ0v) is 19.4. The highest BCUT2D eigenvalue weighted by molar-refractivity contribution is 5.90. The normalized spacial score (nSPS) is 15.9. The second-order valence-electron chi connectivity index (χ2n) is 8.79. The summed E-state index contributed by atoms with van der Waals surface area (Å²) < 4.78 is 21.4. The van der Waals surface area contributed by atoms with Crippen LogP contribution in [0, 0.1) is 5.82 Å². The molecule has 0 aromatic heterocycles. The SMILES string of the molecule is C[C@@H](NCCC1CN(c2cccc(C(=O)O)c2F)c2ccccc2O1)c1cccc2ccccc12. The van der Waals surface area contributed by atoms with Gasteiger partial charge in [-0.1, -0.05) is 60.7 Å². The monoisotopic (exact) mass is 470 g/mol. The molecule has 6 heteroatoms. The van der Waals surface area contributed by atoms with E-state index in [0.717, 1.165) is 5.69 Å². The number of anilines is 2. The number of fused-ring (bicyclic) bond motifs is 2. The van der Waals surface area contributed by atoms with E-state index in [4.69, 9.17) is 4.74 Å². The lowest BCUT2D eigenvalue weighted by atomic mass is 9.99. The van der Waals surface area contributed by atoms with E-state index < -0.39 is 11.8 Å². The Morgan fingerprint density at radius 1 is 1.03 bits per heavy atom. The molecule has 0 radical (unpaired) electrons. The average Bonchev–Trinajstić information content (AvgIpc) is 2.88. The quantitative estimate of drug-likeness (QED) is 0.331. The lowest BCUT2D eigenvalue weighted by molar-refractivity contribution is 0.0692. The van der Waals surface area contributed by atoms with Gasteiger partial charge in [-0.3, -0.25) is 0 Å².